The van der Waals surface area contributed by atoms with Gasteiger partial charge in [0.05, 0.1) is 18.5 Å². The summed E-state index contributed by atoms with van der Waals surface area (Å²) in [7, 11) is 0. The molecule has 1 fully saturated rings. The lowest BCUT2D eigenvalue weighted by atomic mass is 9.92. The minimum Gasteiger partial charge on any atom is -0.394 e. The molecule has 4 aromatic rings. The topological polar surface area (TPSA) is 131 Å². The molecule has 0 bridgehead atoms. The molecule has 0 amide bonds. The molecule has 0 unspecified atom stereocenters. The quantitative estimate of drug-likeness (QED) is 0.331. The second kappa shape index (κ2) is 9.84. The number of nitrogens with zero attached hydrogens (tertiary/aromatic N) is 6. The normalized spacial score (nSPS) is 23.9. The highest BCUT2D eigenvalue weighted by molar-refractivity contribution is 6.30. The predicted molar refractivity (Wildman–Crippen MR) is 122 cm³/mol. The van der Waals surface area contributed by atoms with Crippen LogP contribution in [0, 0.1) is 24.4 Å². The zero-order valence-electron chi connectivity index (χ0n) is 19.1. The fraction of sp³-hybridized carbons (Fsp3) is 0.304. The first-order valence-corrected chi connectivity index (χ1v) is 11.4. The van der Waals surface area contributed by atoms with E-state index in [0.29, 0.717) is 10.7 Å². The van der Waals surface area contributed by atoms with E-state index in [2.05, 4.69) is 20.4 Å². The first-order chi connectivity index (χ1) is 17.7. The van der Waals surface area contributed by atoms with Crippen LogP contribution in [0.25, 0.3) is 16.9 Å². The zero-order valence-corrected chi connectivity index (χ0v) is 19.8. The number of hydrogen-bond donors (Lipinski definition) is 3. The molecule has 2 aromatic heterocycles. The van der Waals surface area contributed by atoms with Crippen LogP contribution >= 0.6 is 11.6 Å². The minimum absolute atomic E-state index is 0.0432. The third-order valence-corrected chi connectivity index (χ3v) is 6.31. The van der Waals surface area contributed by atoms with Gasteiger partial charge in [-0.2, -0.15) is 5.10 Å². The van der Waals surface area contributed by atoms with Gasteiger partial charge in [0, 0.05) is 10.6 Å². The molecule has 0 radical (unpaired) electrons. The number of hydrogen-bond acceptors (Lipinski definition) is 8. The molecule has 0 spiro atoms. The van der Waals surface area contributed by atoms with Gasteiger partial charge in [0.2, 0.25) is 0 Å². The molecule has 1 aliphatic rings. The van der Waals surface area contributed by atoms with Crippen molar-refractivity contribution in [2.75, 3.05) is 6.61 Å². The number of aliphatic hydroxyl groups excluding tert-OH is 3. The third-order valence-electron chi connectivity index (χ3n) is 6.09. The van der Waals surface area contributed by atoms with Crippen LogP contribution in [0.3, 0.4) is 0 Å². The molecule has 0 aliphatic carbocycles. The third kappa shape index (κ3) is 4.60. The standard InChI is InChI=1S/C23H20ClF3N6O4/c1-10-2-12(24)6-13(3-10)33-23(28-9-29-33)22-21(36)19(20(35)17(8-34)37-22)32-7-16(30-31-32)11-4-14(25)18(27)15(26)5-11/h2-7,9,17,19-22,34-36H,8H2,1H3/t17-,19+,20+,21-,22-/m1/s1. The molecule has 3 N–H and O–H groups in total. The monoisotopic (exact) mass is 536 g/mol. The second-order valence-electron chi connectivity index (χ2n) is 8.60. The second-order valence-corrected chi connectivity index (χ2v) is 9.04. The Kier molecular flexibility index (Phi) is 6.72. The van der Waals surface area contributed by atoms with E-state index in [-0.39, 0.29) is 17.1 Å². The van der Waals surface area contributed by atoms with E-state index in [1.165, 1.54) is 17.2 Å². The van der Waals surface area contributed by atoms with Crippen LogP contribution < -0.4 is 0 Å². The van der Waals surface area contributed by atoms with Crippen molar-refractivity contribution in [2.24, 2.45) is 0 Å². The van der Waals surface area contributed by atoms with Crippen LogP contribution in [0.2, 0.25) is 5.02 Å². The van der Waals surface area contributed by atoms with Crippen LogP contribution in [0.15, 0.2) is 42.9 Å². The van der Waals surface area contributed by atoms with Crippen molar-refractivity contribution < 1.29 is 33.2 Å². The highest BCUT2D eigenvalue weighted by Gasteiger charge is 2.48. The highest BCUT2D eigenvalue weighted by Crippen LogP contribution is 2.38. The Bertz CT molecular complexity index is 1410. The molecular weight excluding hydrogens is 517 g/mol. The number of rotatable bonds is 5. The van der Waals surface area contributed by atoms with Gasteiger partial charge in [-0.25, -0.2) is 27.5 Å². The average Bonchev–Trinajstić information content (AvgIpc) is 3.52. The van der Waals surface area contributed by atoms with Gasteiger partial charge in [-0.15, -0.1) is 5.10 Å². The van der Waals surface area contributed by atoms with Crippen molar-refractivity contribution in [3.63, 3.8) is 0 Å². The van der Waals surface area contributed by atoms with Crippen molar-refractivity contribution in [3.8, 4) is 16.9 Å². The largest absolute Gasteiger partial charge is 0.394 e. The van der Waals surface area contributed by atoms with Crippen LogP contribution in [0.4, 0.5) is 13.2 Å². The average molecular weight is 537 g/mol. The molecule has 1 aliphatic heterocycles. The van der Waals surface area contributed by atoms with E-state index >= 15 is 0 Å². The van der Waals surface area contributed by atoms with Crippen LogP contribution in [-0.2, 0) is 4.74 Å². The summed E-state index contributed by atoms with van der Waals surface area (Å²) in [5.74, 6) is -4.29. The number of halogens is 4. The maximum absolute atomic E-state index is 13.7. The Morgan fingerprint density at radius 1 is 1.05 bits per heavy atom. The molecule has 2 aromatic carbocycles. The maximum atomic E-state index is 13.7. The van der Waals surface area contributed by atoms with E-state index in [1.807, 2.05) is 6.92 Å². The predicted octanol–water partition coefficient (Wildman–Crippen LogP) is 2.30. The van der Waals surface area contributed by atoms with E-state index in [4.69, 9.17) is 16.3 Å². The summed E-state index contributed by atoms with van der Waals surface area (Å²) in [6.45, 7) is 1.23. The number of aliphatic hydroxyl groups is 3. The number of ether oxygens (including phenoxy) is 1. The van der Waals surface area contributed by atoms with Crippen molar-refractivity contribution in [3.05, 3.63) is 76.7 Å². The first-order valence-electron chi connectivity index (χ1n) is 11.0. The lowest BCUT2D eigenvalue weighted by molar-refractivity contribution is -0.210. The summed E-state index contributed by atoms with van der Waals surface area (Å²) in [6, 6.07) is 5.46. The SMILES string of the molecule is Cc1cc(Cl)cc(-n2ncnc2[C@@H]2O[C@H](CO)[C@H](O)[C@H](n3cc(-c4cc(F)c(F)c(F)c4)nn3)[C@H]2O)c1. The van der Waals surface area contributed by atoms with E-state index < -0.39 is 54.5 Å². The fourth-order valence-electron chi connectivity index (χ4n) is 4.37. The summed E-state index contributed by atoms with van der Waals surface area (Å²) in [5, 5.41) is 44.4. The van der Waals surface area contributed by atoms with Gasteiger partial charge in [-0.3, -0.25) is 0 Å². The first kappa shape index (κ1) is 25.3. The minimum atomic E-state index is -1.63. The van der Waals surface area contributed by atoms with Crippen molar-refractivity contribution in [1.29, 1.82) is 0 Å². The Hall–Kier alpha value is -3.36. The van der Waals surface area contributed by atoms with Crippen molar-refractivity contribution >= 4 is 11.6 Å². The molecule has 3 heterocycles. The Labute approximate surface area is 212 Å². The zero-order chi connectivity index (χ0) is 26.4. The molecule has 1 saturated heterocycles. The summed E-state index contributed by atoms with van der Waals surface area (Å²) in [4.78, 5) is 4.22. The van der Waals surface area contributed by atoms with Gasteiger partial charge < -0.3 is 20.1 Å². The Balaban J connectivity index is 1.52. The van der Waals surface area contributed by atoms with E-state index in [0.717, 1.165) is 22.4 Å². The lowest BCUT2D eigenvalue weighted by Gasteiger charge is -2.41. The van der Waals surface area contributed by atoms with Crippen LogP contribution in [0.1, 0.15) is 23.5 Å². The van der Waals surface area contributed by atoms with Gasteiger partial charge in [0.25, 0.3) is 0 Å². The van der Waals surface area contributed by atoms with E-state index in [9.17, 15) is 28.5 Å². The molecule has 5 atom stereocenters. The van der Waals surface area contributed by atoms with Gasteiger partial charge in [-0.1, -0.05) is 16.8 Å². The van der Waals surface area contributed by atoms with Gasteiger partial charge in [-0.05, 0) is 42.8 Å². The molecule has 5 rings (SSSR count). The van der Waals surface area contributed by atoms with E-state index in [1.54, 1.807) is 18.2 Å². The smallest absolute Gasteiger partial charge is 0.194 e. The van der Waals surface area contributed by atoms with Gasteiger partial charge in [0.15, 0.2) is 23.3 Å². The molecule has 0 saturated carbocycles. The molecule has 194 valence electrons. The summed E-state index contributed by atoms with van der Waals surface area (Å²) >= 11 is 6.19. The van der Waals surface area contributed by atoms with Crippen LogP contribution in [0.5, 0.6) is 0 Å². The molecule has 14 heteroatoms. The summed E-state index contributed by atoms with van der Waals surface area (Å²) < 4.78 is 49.1. The van der Waals surface area contributed by atoms with Crippen molar-refractivity contribution in [2.45, 2.75) is 37.4 Å². The van der Waals surface area contributed by atoms with Crippen LogP contribution in [-0.4, -0.2) is 70.0 Å². The maximum Gasteiger partial charge on any atom is 0.194 e. The number of benzene rings is 2. The molecule has 37 heavy (non-hydrogen) atoms. The van der Waals surface area contributed by atoms with Crippen molar-refractivity contribution in [1.82, 2.24) is 29.8 Å². The van der Waals surface area contributed by atoms with Gasteiger partial charge >= 0.3 is 0 Å². The lowest BCUT2D eigenvalue weighted by Crippen LogP contribution is -2.53. The van der Waals surface area contributed by atoms with Gasteiger partial charge in [0.1, 0.15) is 42.5 Å². The fourth-order valence-corrected chi connectivity index (χ4v) is 4.65. The summed E-state index contributed by atoms with van der Waals surface area (Å²) in [6.07, 6.45) is -2.83. The number of aromatic nitrogens is 6. The number of aryl methyl sites for hydroxylation is 1. The summed E-state index contributed by atoms with van der Waals surface area (Å²) in [5.41, 5.74) is 1.24. The molecular formula is C23H20ClF3N6O4. The molecule has 10 nitrogen and oxygen atoms in total. The Morgan fingerprint density at radius 3 is 2.46 bits per heavy atom. The Morgan fingerprint density at radius 2 is 1.78 bits per heavy atom. The highest BCUT2D eigenvalue weighted by atomic mass is 35.5.